The highest BCUT2D eigenvalue weighted by molar-refractivity contribution is 6.31. The van der Waals surface area contributed by atoms with Gasteiger partial charge in [0.1, 0.15) is 0 Å². The third-order valence-electron chi connectivity index (χ3n) is 3.15. The summed E-state index contributed by atoms with van der Waals surface area (Å²) in [6, 6.07) is 5.87. The molecule has 1 aromatic heterocycles. The molecule has 0 aliphatic carbocycles. The van der Waals surface area contributed by atoms with E-state index in [0.29, 0.717) is 18.0 Å². The molecule has 0 aliphatic heterocycles. The summed E-state index contributed by atoms with van der Waals surface area (Å²) in [4.78, 5) is 11.4. The van der Waals surface area contributed by atoms with Crippen molar-refractivity contribution in [2.24, 2.45) is 0 Å². The van der Waals surface area contributed by atoms with Crippen LogP contribution < -0.4 is 10.6 Å². The standard InChI is InChI=1S/C14H18ClN3O/c1-16-8-10-9-18(6-5-14(19)17-2)13-7-11(15)3-4-12(10)13/h3-4,7,9,16H,5-6,8H2,1-2H3,(H,17,19). The molecule has 1 amide bonds. The quantitative estimate of drug-likeness (QED) is 0.881. The van der Waals surface area contributed by atoms with Gasteiger partial charge in [0, 0.05) is 48.7 Å². The van der Waals surface area contributed by atoms with Crippen LogP contribution in [0.2, 0.25) is 5.02 Å². The van der Waals surface area contributed by atoms with E-state index in [2.05, 4.69) is 21.4 Å². The Morgan fingerprint density at radius 3 is 2.84 bits per heavy atom. The zero-order valence-corrected chi connectivity index (χ0v) is 11.9. The lowest BCUT2D eigenvalue weighted by molar-refractivity contribution is -0.120. The third-order valence-corrected chi connectivity index (χ3v) is 3.39. The highest BCUT2D eigenvalue weighted by Gasteiger charge is 2.09. The van der Waals surface area contributed by atoms with Crippen LogP contribution in [-0.2, 0) is 17.9 Å². The second kappa shape index (κ2) is 6.08. The van der Waals surface area contributed by atoms with Crippen LogP contribution in [0.4, 0.5) is 0 Å². The summed E-state index contributed by atoms with van der Waals surface area (Å²) in [6.07, 6.45) is 2.55. The molecule has 0 radical (unpaired) electrons. The van der Waals surface area contributed by atoms with Gasteiger partial charge < -0.3 is 15.2 Å². The summed E-state index contributed by atoms with van der Waals surface area (Å²) in [5.74, 6) is 0.0408. The highest BCUT2D eigenvalue weighted by Crippen LogP contribution is 2.25. The van der Waals surface area contributed by atoms with Crippen molar-refractivity contribution in [2.75, 3.05) is 14.1 Å². The molecule has 19 heavy (non-hydrogen) atoms. The van der Waals surface area contributed by atoms with Gasteiger partial charge in [-0.15, -0.1) is 0 Å². The Balaban J connectivity index is 2.36. The first kappa shape index (κ1) is 13.9. The number of carbonyl (C=O) groups is 1. The predicted octanol–water partition coefficient (Wildman–Crippen LogP) is 2.15. The summed E-state index contributed by atoms with van der Waals surface area (Å²) >= 11 is 6.06. The van der Waals surface area contributed by atoms with Crippen LogP contribution in [0.3, 0.4) is 0 Å². The van der Waals surface area contributed by atoms with Crippen molar-refractivity contribution in [1.29, 1.82) is 0 Å². The summed E-state index contributed by atoms with van der Waals surface area (Å²) in [7, 11) is 3.57. The zero-order chi connectivity index (χ0) is 13.8. The number of aromatic nitrogens is 1. The zero-order valence-electron chi connectivity index (χ0n) is 11.2. The molecule has 0 unspecified atom stereocenters. The number of hydrogen-bond acceptors (Lipinski definition) is 2. The number of halogens is 1. The molecule has 102 valence electrons. The van der Waals surface area contributed by atoms with Crippen LogP contribution >= 0.6 is 11.6 Å². The first-order chi connectivity index (χ1) is 9.15. The maximum Gasteiger partial charge on any atom is 0.221 e. The molecule has 0 bridgehead atoms. The van der Waals surface area contributed by atoms with Gasteiger partial charge in [-0.1, -0.05) is 17.7 Å². The van der Waals surface area contributed by atoms with E-state index in [4.69, 9.17) is 11.6 Å². The topological polar surface area (TPSA) is 46.1 Å². The predicted molar refractivity (Wildman–Crippen MR) is 78.4 cm³/mol. The molecule has 1 aromatic carbocycles. The monoisotopic (exact) mass is 279 g/mol. The number of carbonyl (C=O) groups excluding carboxylic acids is 1. The Bertz CT molecular complexity index is 592. The van der Waals surface area contributed by atoms with E-state index < -0.39 is 0 Å². The van der Waals surface area contributed by atoms with Crippen LogP contribution in [0.25, 0.3) is 10.9 Å². The number of aryl methyl sites for hydroxylation is 1. The number of rotatable bonds is 5. The molecule has 0 saturated heterocycles. The molecule has 1 heterocycles. The molecule has 5 heteroatoms. The van der Waals surface area contributed by atoms with E-state index in [9.17, 15) is 4.79 Å². The van der Waals surface area contributed by atoms with Gasteiger partial charge in [0.2, 0.25) is 5.91 Å². The second-order valence-electron chi connectivity index (χ2n) is 4.46. The molecule has 2 N–H and O–H groups in total. The molecule has 2 rings (SSSR count). The van der Waals surface area contributed by atoms with E-state index >= 15 is 0 Å². The van der Waals surface area contributed by atoms with Crippen LogP contribution in [0.15, 0.2) is 24.4 Å². The minimum atomic E-state index is 0.0408. The number of benzene rings is 1. The minimum Gasteiger partial charge on any atom is -0.359 e. The molecule has 0 spiro atoms. The number of fused-ring (bicyclic) bond motifs is 1. The van der Waals surface area contributed by atoms with Crippen LogP contribution in [-0.4, -0.2) is 24.6 Å². The summed E-state index contributed by atoms with van der Waals surface area (Å²) in [5.41, 5.74) is 2.28. The van der Waals surface area contributed by atoms with Crippen molar-refractivity contribution in [3.8, 4) is 0 Å². The van der Waals surface area contributed by atoms with E-state index in [0.717, 1.165) is 12.1 Å². The lowest BCUT2D eigenvalue weighted by Crippen LogP contribution is -2.19. The number of amides is 1. The molecular formula is C14H18ClN3O. The average molecular weight is 280 g/mol. The largest absolute Gasteiger partial charge is 0.359 e. The lowest BCUT2D eigenvalue weighted by Gasteiger charge is -2.04. The Hall–Kier alpha value is -1.52. The van der Waals surface area contributed by atoms with Gasteiger partial charge in [-0.2, -0.15) is 0 Å². The van der Waals surface area contributed by atoms with E-state index in [1.807, 2.05) is 25.2 Å². The van der Waals surface area contributed by atoms with Crippen molar-refractivity contribution >= 4 is 28.4 Å². The van der Waals surface area contributed by atoms with Gasteiger partial charge in [0.25, 0.3) is 0 Å². The van der Waals surface area contributed by atoms with Crippen LogP contribution in [0.1, 0.15) is 12.0 Å². The van der Waals surface area contributed by atoms with Crippen molar-refractivity contribution in [2.45, 2.75) is 19.5 Å². The van der Waals surface area contributed by atoms with Crippen molar-refractivity contribution in [3.63, 3.8) is 0 Å². The van der Waals surface area contributed by atoms with Gasteiger partial charge in [0.05, 0.1) is 0 Å². The Kier molecular flexibility index (Phi) is 4.45. The van der Waals surface area contributed by atoms with Crippen molar-refractivity contribution in [1.82, 2.24) is 15.2 Å². The molecule has 0 aliphatic rings. The smallest absolute Gasteiger partial charge is 0.221 e. The maximum atomic E-state index is 11.4. The lowest BCUT2D eigenvalue weighted by atomic mass is 10.2. The summed E-state index contributed by atoms with van der Waals surface area (Å²) in [5, 5.41) is 7.68. The normalized spacial score (nSPS) is 10.9. The number of nitrogens with one attached hydrogen (secondary N) is 2. The van der Waals surface area contributed by atoms with Gasteiger partial charge in [0.15, 0.2) is 0 Å². The minimum absolute atomic E-state index is 0.0408. The van der Waals surface area contributed by atoms with E-state index in [1.54, 1.807) is 7.05 Å². The first-order valence-electron chi connectivity index (χ1n) is 6.28. The Morgan fingerprint density at radius 1 is 1.37 bits per heavy atom. The third kappa shape index (κ3) is 3.08. The molecule has 0 saturated carbocycles. The maximum absolute atomic E-state index is 11.4. The number of nitrogens with zero attached hydrogens (tertiary/aromatic N) is 1. The fraction of sp³-hybridized carbons (Fsp3) is 0.357. The Morgan fingerprint density at radius 2 is 2.16 bits per heavy atom. The summed E-state index contributed by atoms with van der Waals surface area (Å²) < 4.78 is 2.09. The molecule has 0 atom stereocenters. The van der Waals surface area contributed by atoms with Gasteiger partial charge >= 0.3 is 0 Å². The fourth-order valence-corrected chi connectivity index (χ4v) is 2.37. The molecule has 4 nitrogen and oxygen atoms in total. The first-order valence-corrected chi connectivity index (χ1v) is 6.66. The highest BCUT2D eigenvalue weighted by atomic mass is 35.5. The fourth-order valence-electron chi connectivity index (χ4n) is 2.20. The van der Waals surface area contributed by atoms with Gasteiger partial charge in [-0.05, 0) is 24.7 Å². The van der Waals surface area contributed by atoms with Gasteiger partial charge in [-0.25, -0.2) is 0 Å². The van der Waals surface area contributed by atoms with Crippen LogP contribution in [0.5, 0.6) is 0 Å². The van der Waals surface area contributed by atoms with Crippen molar-refractivity contribution < 1.29 is 4.79 Å². The molecular weight excluding hydrogens is 262 g/mol. The average Bonchev–Trinajstić information content (AvgIpc) is 2.74. The SMILES string of the molecule is CNCc1cn(CCC(=O)NC)c2cc(Cl)ccc12. The molecule has 2 aromatic rings. The van der Waals surface area contributed by atoms with Crippen molar-refractivity contribution in [3.05, 3.63) is 35.0 Å². The number of hydrogen-bond donors (Lipinski definition) is 2. The van der Waals surface area contributed by atoms with Crippen LogP contribution in [0, 0.1) is 0 Å². The second-order valence-corrected chi connectivity index (χ2v) is 4.90. The molecule has 0 fully saturated rings. The summed E-state index contributed by atoms with van der Waals surface area (Å²) in [6.45, 7) is 1.45. The van der Waals surface area contributed by atoms with E-state index in [1.165, 1.54) is 10.9 Å². The van der Waals surface area contributed by atoms with E-state index in [-0.39, 0.29) is 5.91 Å². The Labute approximate surface area is 117 Å². The van der Waals surface area contributed by atoms with Gasteiger partial charge in [-0.3, -0.25) is 4.79 Å².